The van der Waals surface area contributed by atoms with Gasteiger partial charge in [0, 0.05) is 0 Å². The van der Waals surface area contributed by atoms with Crippen LogP contribution < -0.4 is 0 Å². The van der Waals surface area contributed by atoms with Crippen LogP contribution in [-0.2, 0) is 16.0 Å². The Labute approximate surface area is 130 Å². The van der Waals surface area contributed by atoms with Gasteiger partial charge in [-0.05, 0) is 29.8 Å². The van der Waals surface area contributed by atoms with E-state index in [1.165, 1.54) is 19.2 Å². The molecule has 0 bridgehead atoms. The Bertz CT molecular complexity index is 839. The summed E-state index contributed by atoms with van der Waals surface area (Å²) in [5, 5.41) is 0.223. The maximum absolute atomic E-state index is 13.9. The van der Waals surface area contributed by atoms with E-state index in [0.29, 0.717) is 11.1 Å². The number of fused-ring (bicyclic) bond motifs is 1. The van der Waals surface area contributed by atoms with Gasteiger partial charge in [-0.3, -0.25) is 4.79 Å². The number of rotatable bonds is 3. The number of hydrogen-bond donors (Lipinski definition) is 0. The predicted octanol–water partition coefficient (Wildman–Crippen LogP) is 4.00. The molecule has 0 N–H and O–H groups in total. The first kappa shape index (κ1) is 14.5. The molecule has 0 aliphatic carbocycles. The molecule has 0 saturated carbocycles. The largest absolute Gasteiger partial charge is 0.469 e. The van der Waals surface area contributed by atoms with Crippen molar-refractivity contribution in [3.8, 4) is 11.5 Å². The Morgan fingerprint density at radius 1 is 1.36 bits per heavy atom. The van der Waals surface area contributed by atoms with E-state index in [4.69, 9.17) is 16.0 Å². The van der Waals surface area contributed by atoms with Crippen molar-refractivity contribution < 1.29 is 18.3 Å². The van der Waals surface area contributed by atoms with Gasteiger partial charge in [0.15, 0.2) is 5.58 Å². The molecule has 2 aromatic carbocycles. The Morgan fingerprint density at radius 3 is 2.91 bits per heavy atom. The van der Waals surface area contributed by atoms with E-state index < -0.39 is 5.82 Å². The average molecular weight is 320 g/mol. The van der Waals surface area contributed by atoms with Gasteiger partial charge in [0.25, 0.3) is 0 Å². The highest BCUT2D eigenvalue weighted by Crippen LogP contribution is 2.32. The molecule has 3 aromatic rings. The number of carbonyl (C=O) groups excluding carboxylic acids is 1. The molecule has 22 heavy (non-hydrogen) atoms. The molecular weight excluding hydrogens is 309 g/mol. The first-order valence-electron chi connectivity index (χ1n) is 6.49. The number of nitrogens with zero attached hydrogens (tertiary/aromatic N) is 1. The van der Waals surface area contributed by atoms with Gasteiger partial charge in [-0.25, -0.2) is 9.37 Å². The number of benzene rings is 2. The van der Waals surface area contributed by atoms with Crippen LogP contribution in [0.3, 0.4) is 0 Å². The Kier molecular flexibility index (Phi) is 3.81. The van der Waals surface area contributed by atoms with Crippen molar-refractivity contribution in [1.82, 2.24) is 4.98 Å². The average Bonchev–Trinajstić information content (AvgIpc) is 2.89. The van der Waals surface area contributed by atoms with Gasteiger partial charge in [-0.15, -0.1) is 0 Å². The number of esters is 1. The van der Waals surface area contributed by atoms with Gasteiger partial charge in [-0.2, -0.15) is 0 Å². The van der Waals surface area contributed by atoms with E-state index in [1.807, 2.05) is 0 Å². The highest BCUT2D eigenvalue weighted by Gasteiger charge is 2.16. The van der Waals surface area contributed by atoms with Crippen molar-refractivity contribution >= 4 is 28.7 Å². The van der Waals surface area contributed by atoms with Crippen molar-refractivity contribution in [1.29, 1.82) is 0 Å². The van der Waals surface area contributed by atoms with Gasteiger partial charge in [-0.1, -0.05) is 23.7 Å². The van der Waals surface area contributed by atoms with Crippen molar-refractivity contribution in [2.75, 3.05) is 7.11 Å². The van der Waals surface area contributed by atoms with Crippen LogP contribution in [0, 0.1) is 5.82 Å². The lowest BCUT2D eigenvalue weighted by molar-refractivity contribution is -0.139. The second kappa shape index (κ2) is 5.77. The maximum Gasteiger partial charge on any atom is 0.309 e. The summed E-state index contributed by atoms with van der Waals surface area (Å²) < 4.78 is 24.1. The van der Waals surface area contributed by atoms with Crippen LogP contribution in [0.2, 0.25) is 5.02 Å². The topological polar surface area (TPSA) is 52.3 Å². The van der Waals surface area contributed by atoms with Gasteiger partial charge in [0.05, 0.1) is 24.1 Å². The van der Waals surface area contributed by atoms with Gasteiger partial charge < -0.3 is 9.15 Å². The minimum absolute atomic E-state index is 0.105. The van der Waals surface area contributed by atoms with Gasteiger partial charge >= 0.3 is 5.97 Å². The Hall–Kier alpha value is -2.40. The molecule has 0 fully saturated rings. The van der Waals surface area contributed by atoms with Crippen molar-refractivity contribution in [3.05, 3.63) is 52.8 Å². The molecule has 0 amide bonds. The molecule has 1 aromatic heterocycles. The first-order valence-corrected chi connectivity index (χ1v) is 6.87. The SMILES string of the molecule is COC(=O)Cc1ccc2oc(-c3c(F)cccc3Cl)nc2c1. The summed E-state index contributed by atoms with van der Waals surface area (Å²) in [6.45, 7) is 0. The van der Waals surface area contributed by atoms with E-state index in [1.54, 1.807) is 24.3 Å². The monoisotopic (exact) mass is 319 g/mol. The molecule has 0 aliphatic rings. The standard InChI is InChI=1S/C16H11ClFNO3/c1-21-14(20)8-9-5-6-13-12(7-9)19-16(22-13)15-10(17)3-2-4-11(15)18/h2-7H,8H2,1H3. The Morgan fingerprint density at radius 2 is 2.18 bits per heavy atom. The molecule has 0 spiro atoms. The molecule has 6 heteroatoms. The number of halogens is 2. The third-order valence-corrected chi connectivity index (χ3v) is 3.52. The minimum Gasteiger partial charge on any atom is -0.469 e. The fraction of sp³-hybridized carbons (Fsp3) is 0.125. The predicted molar refractivity (Wildman–Crippen MR) is 80.1 cm³/mol. The number of ether oxygens (including phenoxy) is 1. The molecule has 0 aliphatic heterocycles. The summed E-state index contributed by atoms with van der Waals surface area (Å²) in [7, 11) is 1.33. The van der Waals surface area contributed by atoms with E-state index in [0.717, 1.165) is 5.56 Å². The first-order chi connectivity index (χ1) is 10.6. The fourth-order valence-electron chi connectivity index (χ4n) is 2.13. The quantitative estimate of drug-likeness (QED) is 0.685. The summed E-state index contributed by atoms with van der Waals surface area (Å²) in [6.07, 6.45) is 0.134. The molecule has 1 heterocycles. The molecule has 4 nitrogen and oxygen atoms in total. The third kappa shape index (κ3) is 2.67. The fourth-order valence-corrected chi connectivity index (χ4v) is 2.37. The molecule has 0 radical (unpaired) electrons. The number of oxazole rings is 1. The minimum atomic E-state index is -0.506. The van der Waals surface area contributed by atoms with Crippen LogP contribution in [-0.4, -0.2) is 18.1 Å². The second-order valence-electron chi connectivity index (χ2n) is 4.67. The molecule has 112 valence electrons. The van der Waals surface area contributed by atoms with Crippen LogP contribution in [0.5, 0.6) is 0 Å². The van der Waals surface area contributed by atoms with Crippen LogP contribution in [0.1, 0.15) is 5.56 Å². The number of hydrogen-bond acceptors (Lipinski definition) is 4. The zero-order valence-corrected chi connectivity index (χ0v) is 12.4. The highest BCUT2D eigenvalue weighted by atomic mass is 35.5. The van der Waals surface area contributed by atoms with Crippen LogP contribution >= 0.6 is 11.6 Å². The number of carbonyl (C=O) groups is 1. The summed E-state index contributed by atoms with van der Waals surface area (Å²) in [4.78, 5) is 15.6. The van der Waals surface area contributed by atoms with Crippen molar-refractivity contribution in [3.63, 3.8) is 0 Å². The van der Waals surface area contributed by atoms with E-state index in [2.05, 4.69) is 9.72 Å². The van der Waals surface area contributed by atoms with E-state index in [9.17, 15) is 9.18 Å². The van der Waals surface area contributed by atoms with Crippen molar-refractivity contribution in [2.24, 2.45) is 0 Å². The second-order valence-corrected chi connectivity index (χ2v) is 5.08. The van der Waals surface area contributed by atoms with Gasteiger partial charge in [0.2, 0.25) is 5.89 Å². The molecule has 0 atom stereocenters. The summed E-state index contributed by atoms with van der Waals surface area (Å²) >= 11 is 6.01. The normalized spacial score (nSPS) is 10.9. The van der Waals surface area contributed by atoms with E-state index >= 15 is 0 Å². The zero-order valence-electron chi connectivity index (χ0n) is 11.6. The lowest BCUT2D eigenvalue weighted by Crippen LogP contribution is -2.04. The summed E-state index contributed by atoms with van der Waals surface area (Å²) in [5.74, 6) is -0.748. The van der Waals surface area contributed by atoms with Crippen molar-refractivity contribution in [2.45, 2.75) is 6.42 Å². The molecule has 3 rings (SSSR count). The van der Waals surface area contributed by atoms with E-state index in [-0.39, 0.29) is 28.9 Å². The number of aromatic nitrogens is 1. The smallest absolute Gasteiger partial charge is 0.309 e. The summed E-state index contributed by atoms with van der Waals surface area (Å²) in [6, 6.07) is 9.48. The third-order valence-electron chi connectivity index (χ3n) is 3.20. The van der Waals surface area contributed by atoms with Crippen LogP contribution in [0.15, 0.2) is 40.8 Å². The lowest BCUT2D eigenvalue weighted by Gasteiger charge is -1.99. The molecule has 0 saturated heterocycles. The number of methoxy groups -OCH3 is 1. The zero-order chi connectivity index (χ0) is 15.7. The van der Waals surface area contributed by atoms with Crippen LogP contribution in [0.25, 0.3) is 22.6 Å². The lowest BCUT2D eigenvalue weighted by atomic mass is 10.1. The van der Waals surface area contributed by atoms with Crippen LogP contribution in [0.4, 0.5) is 4.39 Å². The highest BCUT2D eigenvalue weighted by molar-refractivity contribution is 6.33. The maximum atomic E-state index is 13.9. The molecular formula is C16H11ClFNO3. The van der Waals surface area contributed by atoms with Gasteiger partial charge in [0.1, 0.15) is 11.3 Å². The summed E-state index contributed by atoms with van der Waals surface area (Å²) in [5.41, 5.74) is 1.87. The molecule has 0 unspecified atom stereocenters. The Balaban J connectivity index is 2.05.